The van der Waals surface area contributed by atoms with Gasteiger partial charge in [0.25, 0.3) is 0 Å². The van der Waals surface area contributed by atoms with Gasteiger partial charge in [0.05, 0.1) is 6.10 Å². The van der Waals surface area contributed by atoms with E-state index in [1.165, 1.54) is 12.8 Å². The van der Waals surface area contributed by atoms with Crippen LogP contribution in [-0.2, 0) is 4.74 Å². The highest BCUT2D eigenvalue weighted by Crippen LogP contribution is 2.39. The molecule has 2 rings (SSSR count). The van der Waals surface area contributed by atoms with E-state index in [4.69, 9.17) is 4.74 Å². The Kier molecular flexibility index (Phi) is 4.68. The predicted molar refractivity (Wildman–Crippen MR) is 73.6 cm³/mol. The second-order valence-electron chi connectivity index (χ2n) is 6.87. The fourth-order valence-corrected chi connectivity index (χ4v) is 3.60. The van der Waals surface area contributed by atoms with E-state index in [1.54, 1.807) is 0 Å². The van der Waals surface area contributed by atoms with Crippen LogP contribution in [0.15, 0.2) is 0 Å². The standard InChI is InChI=1S/C15H29NO2/c1-15(2)8-4-5-12(14(15)17)11-16(3)13-6-9-18-10-7-13/h12-14,17H,4-11H2,1-3H3. The van der Waals surface area contributed by atoms with Crippen molar-refractivity contribution in [3.8, 4) is 0 Å². The first-order valence-corrected chi connectivity index (χ1v) is 7.47. The summed E-state index contributed by atoms with van der Waals surface area (Å²) in [5.74, 6) is 0.446. The van der Waals surface area contributed by atoms with Gasteiger partial charge in [0, 0.05) is 25.8 Å². The topological polar surface area (TPSA) is 32.7 Å². The van der Waals surface area contributed by atoms with Crippen LogP contribution in [0.25, 0.3) is 0 Å². The Morgan fingerprint density at radius 3 is 2.56 bits per heavy atom. The molecule has 0 radical (unpaired) electrons. The van der Waals surface area contributed by atoms with Crippen LogP contribution in [0.2, 0.25) is 0 Å². The molecule has 1 aliphatic heterocycles. The normalized spacial score (nSPS) is 33.8. The van der Waals surface area contributed by atoms with Crippen molar-refractivity contribution in [2.24, 2.45) is 11.3 Å². The largest absolute Gasteiger partial charge is 0.392 e. The Morgan fingerprint density at radius 1 is 1.22 bits per heavy atom. The smallest absolute Gasteiger partial charge is 0.0631 e. The lowest BCUT2D eigenvalue weighted by molar-refractivity contribution is -0.0495. The average molecular weight is 255 g/mol. The first-order chi connectivity index (χ1) is 8.50. The molecule has 1 saturated heterocycles. The van der Waals surface area contributed by atoms with Gasteiger partial charge in [0.15, 0.2) is 0 Å². The Labute approximate surface area is 112 Å². The molecule has 106 valence electrons. The van der Waals surface area contributed by atoms with E-state index in [9.17, 15) is 5.11 Å². The van der Waals surface area contributed by atoms with Gasteiger partial charge in [-0.2, -0.15) is 0 Å². The summed E-state index contributed by atoms with van der Waals surface area (Å²) in [5, 5.41) is 10.5. The maximum absolute atomic E-state index is 10.5. The SMILES string of the molecule is CN(CC1CCCC(C)(C)C1O)C1CCOCC1. The van der Waals surface area contributed by atoms with Gasteiger partial charge in [0.1, 0.15) is 0 Å². The molecule has 1 N–H and O–H groups in total. The maximum atomic E-state index is 10.5. The summed E-state index contributed by atoms with van der Waals surface area (Å²) >= 11 is 0. The number of hydrogen-bond acceptors (Lipinski definition) is 3. The van der Waals surface area contributed by atoms with E-state index in [1.807, 2.05) is 0 Å². The van der Waals surface area contributed by atoms with Crippen molar-refractivity contribution in [3.63, 3.8) is 0 Å². The Morgan fingerprint density at radius 2 is 1.89 bits per heavy atom. The Hall–Kier alpha value is -0.120. The van der Waals surface area contributed by atoms with Crippen molar-refractivity contribution < 1.29 is 9.84 Å². The zero-order chi connectivity index (χ0) is 13.2. The number of aliphatic hydroxyl groups is 1. The van der Waals surface area contributed by atoms with Gasteiger partial charge < -0.3 is 14.7 Å². The van der Waals surface area contributed by atoms with Crippen LogP contribution in [0.1, 0.15) is 46.0 Å². The second kappa shape index (κ2) is 5.89. The Bertz CT molecular complexity index is 261. The molecule has 2 unspecified atom stereocenters. The van der Waals surface area contributed by atoms with Gasteiger partial charge in [-0.25, -0.2) is 0 Å². The summed E-state index contributed by atoms with van der Waals surface area (Å²) in [6.45, 7) is 7.24. The molecule has 0 aromatic carbocycles. The molecule has 1 heterocycles. The fraction of sp³-hybridized carbons (Fsp3) is 1.00. The first kappa shape index (κ1) is 14.3. The third-order valence-corrected chi connectivity index (χ3v) is 4.98. The minimum Gasteiger partial charge on any atom is -0.392 e. The number of ether oxygens (including phenoxy) is 1. The van der Waals surface area contributed by atoms with Gasteiger partial charge in [-0.1, -0.05) is 20.3 Å². The van der Waals surface area contributed by atoms with Crippen molar-refractivity contribution >= 4 is 0 Å². The van der Waals surface area contributed by atoms with Gasteiger partial charge in [-0.05, 0) is 44.1 Å². The van der Waals surface area contributed by atoms with Gasteiger partial charge in [0.2, 0.25) is 0 Å². The minimum absolute atomic E-state index is 0.0967. The number of rotatable bonds is 3. The van der Waals surface area contributed by atoms with E-state index in [0.29, 0.717) is 12.0 Å². The number of nitrogens with zero attached hydrogens (tertiary/aromatic N) is 1. The molecule has 3 heteroatoms. The van der Waals surface area contributed by atoms with Crippen molar-refractivity contribution in [1.29, 1.82) is 0 Å². The van der Waals surface area contributed by atoms with E-state index in [-0.39, 0.29) is 11.5 Å². The van der Waals surface area contributed by atoms with Crippen LogP contribution in [-0.4, -0.2) is 49.0 Å². The summed E-state index contributed by atoms with van der Waals surface area (Å²) in [6, 6.07) is 0.649. The summed E-state index contributed by atoms with van der Waals surface area (Å²) in [6.07, 6.45) is 5.74. The lowest BCUT2D eigenvalue weighted by atomic mass is 9.69. The molecule has 0 aromatic rings. The molecule has 0 amide bonds. The molecule has 1 aliphatic carbocycles. The molecule has 2 atom stereocenters. The van der Waals surface area contributed by atoms with Crippen molar-refractivity contribution in [2.75, 3.05) is 26.8 Å². The van der Waals surface area contributed by atoms with Crippen LogP contribution >= 0.6 is 0 Å². The highest BCUT2D eigenvalue weighted by Gasteiger charge is 2.38. The molecule has 0 aromatic heterocycles. The van der Waals surface area contributed by atoms with Crippen LogP contribution in [0, 0.1) is 11.3 Å². The summed E-state index contributed by atoms with van der Waals surface area (Å²) in [7, 11) is 2.21. The van der Waals surface area contributed by atoms with Crippen LogP contribution in [0.3, 0.4) is 0 Å². The molecule has 0 bridgehead atoms. The monoisotopic (exact) mass is 255 g/mol. The average Bonchev–Trinajstić information content (AvgIpc) is 2.36. The zero-order valence-electron chi connectivity index (χ0n) is 12.2. The van der Waals surface area contributed by atoms with Gasteiger partial charge in [-0.3, -0.25) is 0 Å². The van der Waals surface area contributed by atoms with E-state index < -0.39 is 0 Å². The van der Waals surface area contributed by atoms with Gasteiger partial charge >= 0.3 is 0 Å². The summed E-state index contributed by atoms with van der Waals surface area (Å²) in [4.78, 5) is 2.46. The van der Waals surface area contributed by atoms with Crippen molar-refractivity contribution in [3.05, 3.63) is 0 Å². The second-order valence-corrected chi connectivity index (χ2v) is 6.87. The molecular formula is C15H29NO2. The minimum atomic E-state index is -0.145. The maximum Gasteiger partial charge on any atom is 0.0631 e. The van der Waals surface area contributed by atoms with E-state index in [0.717, 1.165) is 39.0 Å². The van der Waals surface area contributed by atoms with Crippen molar-refractivity contribution in [1.82, 2.24) is 4.90 Å². The van der Waals surface area contributed by atoms with Crippen LogP contribution in [0.5, 0.6) is 0 Å². The molecular weight excluding hydrogens is 226 g/mol. The summed E-state index contributed by atoms with van der Waals surface area (Å²) in [5.41, 5.74) is 0.0967. The lowest BCUT2D eigenvalue weighted by Crippen LogP contribution is -2.47. The highest BCUT2D eigenvalue weighted by atomic mass is 16.5. The van der Waals surface area contributed by atoms with Gasteiger partial charge in [-0.15, -0.1) is 0 Å². The molecule has 0 spiro atoms. The summed E-state index contributed by atoms with van der Waals surface area (Å²) < 4.78 is 5.42. The predicted octanol–water partition coefficient (Wildman–Crippen LogP) is 2.28. The third kappa shape index (κ3) is 3.25. The van der Waals surface area contributed by atoms with E-state index in [2.05, 4.69) is 25.8 Å². The molecule has 3 nitrogen and oxygen atoms in total. The zero-order valence-corrected chi connectivity index (χ0v) is 12.2. The molecule has 2 fully saturated rings. The van der Waals surface area contributed by atoms with Crippen LogP contribution in [0.4, 0.5) is 0 Å². The molecule has 1 saturated carbocycles. The molecule has 2 aliphatic rings. The lowest BCUT2D eigenvalue weighted by Gasteiger charge is -2.43. The first-order valence-electron chi connectivity index (χ1n) is 7.47. The van der Waals surface area contributed by atoms with Crippen LogP contribution < -0.4 is 0 Å². The molecule has 18 heavy (non-hydrogen) atoms. The van der Waals surface area contributed by atoms with Crippen molar-refractivity contribution in [2.45, 2.75) is 58.1 Å². The Balaban J connectivity index is 1.87. The highest BCUT2D eigenvalue weighted by molar-refractivity contribution is 4.90. The number of aliphatic hydroxyl groups excluding tert-OH is 1. The number of hydrogen-bond donors (Lipinski definition) is 1. The quantitative estimate of drug-likeness (QED) is 0.840. The fourth-order valence-electron chi connectivity index (χ4n) is 3.60. The third-order valence-electron chi connectivity index (χ3n) is 4.98. The van der Waals surface area contributed by atoms with E-state index >= 15 is 0 Å².